The quantitative estimate of drug-likeness (QED) is 0.560. The second-order valence-electron chi connectivity index (χ2n) is 10.0. The largest absolute Gasteiger partial charge is 0.487 e. The highest BCUT2D eigenvalue weighted by molar-refractivity contribution is 7.89. The SMILES string of the molecule is C[C@H](CO)N1C[C@H](C)[C@@H](CN(C)S(=O)(=O)c2cn(C)cn2)Oc2cc(C3=CCCCC3)ccc2S1(=O)=O. The summed E-state index contributed by atoms with van der Waals surface area (Å²) < 4.78 is 64.1. The van der Waals surface area contributed by atoms with Gasteiger partial charge in [0.25, 0.3) is 10.0 Å². The summed E-state index contributed by atoms with van der Waals surface area (Å²) in [7, 11) is -4.69. The van der Waals surface area contributed by atoms with Crippen molar-refractivity contribution in [2.45, 2.75) is 61.6 Å². The van der Waals surface area contributed by atoms with Crippen LogP contribution in [-0.2, 0) is 27.1 Å². The van der Waals surface area contributed by atoms with E-state index in [4.69, 9.17) is 4.74 Å². The minimum Gasteiger partial charge on any atom is -0.487 e. The van der Waals surface area contributed by atoms with Crippen molar-refractivity contribution in [3.05, 3.63) is 42.4 Å². The molecule has 3 atom stereocenters. The molecule has 204 valence electrons. The molecule has 2 aliphatic rings. The van der Waals surface area contributed by atoms with Gasteiger partial charge in [0.1, 0.15) is 16.7 Å². The van der Waals surface area contributed by atoms with Crippen molar-refractivity contribution in [1.29, 1.82) is 0 Å². The molecule has 0 spiro atoms. The number of hydrogen-bond acceptors (Lipinski definition) is 7. The van der Waals surface area contributed by atoms with Gasteiger partial charge in [-0.1, -0.05) is 19.1 Å². The summed E-state index contributed by atoms with van der Waals surface area (Å²) in [5.74, 6) is -0.185. The maximum atomic E-state index is 13.7. The Morgan fingerprint density at radius 2 is 2.05 bits per heavy atom. The molecule has 10 nitrogen and oxygen atoms in total. The van der Waals surface area contributed by atoms with Crippen molar-refractivity contribution in [1.82, 2.24) is 18.2 Å². The summed E-state index contributed by atoms with van der Waals surface area (Å²) in [5.41, 5.74) is 2.05. The number of fused-ring (bicyclic) bond motifs is 1. The molecule has 1 aliphatic heterocycles. The Morgan fingerprint density at radius 3 is 2.68 bits per heavy atom. The molecule has 0 radical (unpaired) electrons. The van der Waals surface area contributed by atoms with E-state index in [2.05, 4.69) is 11.1 Å². The van der Waals surface area contributed by atoms with Gasteiger partial charge in [0.15, 0.2) is 5.03 Å². The second kappa shape index (κ2) is 10.9. The van der Waals surface area contributed by atoms with E-state index in [0.29, 0.717) is 0 Å². The lowest BCUT2D eigenvalue weighted by Gasteiger charge is -2.37. The molecule has 1 aromatic carbocycles. The lowest BCUT2D eigenvalue weighted by atomic mass is 9.93. The Labute approximate surface area is 219 Å². The predicted octanol–water partition coefficient (Wildman–Crippen LogP) is 2.47. The molecule has 0 fully saturated rings. The molecule has 2 aromatic rings. The number of allylic oxidation sites excluding steroid dienone is 2. The van der Waals surface area contributed by atoms with Crippen LogP contribution < -0.4 is 4.74 Å². The van der Waals surface area contributed by atoms with Crippen LogP contribution in [0, 0.1) is 5.92 Å². The van der Waals surface area contributed by atoms with Crippen LogP contribution in [-0.4, -0.2) is 79.0 Å². The van der Waals surface area contributed by atoms with Crippen molar-refractivity contribution in [3.8, 4) is 5.75 Å². The summed E-state index contributed by atoms with van der Waals surface area (Å²) in [6, 6.07) is 4.46. The van der Waals surface area contributed by atoms with E-state index in [0.717, 1.165) is 36.8 Å². The van der Waals surface area contributed by atoms with Crippen molar-refractivity contribution in [2.24, 2.45) is 13.0 Å². The number of aromatic nitrogens is 2. The fourth-order valence-corrected chi connectivity index (χ4v) is 7.74. The highest BCUT2D eigenvalue weighted by Crippen LogP contribution is 2.37. The smallest absolute Gasteiger partial charge is 0.261 e. The molecular formula is C25H36N4O6S2. The van der Waals surface area contributed by atoms with Gasteiger partial charge in [-0.05, 0) is 55.9 Å². The third kappa shape index (κ3) is 5.63. The zero-order valence-electron chi connectivity index (χ0n) is 21.7. The highest BCUT2D eigenvalue weighted by Gasteiger charge is 2.39. The number of aliphatic hydroxyl groups is 1. The zero-order valence-corrected chi connectivity index (χ0v) is 23.4. The minimum atomic E-state index is -3.97. The van der Waals surface area contributed by atoms with Gasteiger partial charge in [0.2, 0.25) is 10.0 Å². The summed E-state index contributed by atoms with van der Waals surface area (Å²) in [6.45, 7) is 3.20. The molecule has 1 aromatic heterocycles. The number of benzene rings is 1. The normalized spacial score (nSPS) is 23.5. The van der Waals surface area contributed by atoms with Crippen LogP contribution in [0.4, 0.5) is 0 Å². The van der Waals surface area contributed by atoms with Gasteiger partial charge in [0, 0.05) is 38.8 Å². The predicted molar refractivity (Wildman–Crippen MR) is 140 cm³/mol. The van der Waals surface area contributed by atoms with Gasteiger partial charge in [-0.15, -0.1) is 0 Å². The number of rotatable bonds is 7. The molecule has 37 heavy (non-hydrogen) atoms. The van der Waals surface area contributed by atoms with E-state index in [1.165, 1.54) is 28.2 Å². The third-order valence-corrected chi connectivity index (χ3v) is 10.9. The van der Waals surface area contributed by atoms with Gasteiger partial charge in [-0.3, -0.25) is 0 Å². The second-order valence-corrected chi connectivity index (χ2v) is 13.9. The lowest BCUT2D eigenvalue weighted by Crippen LogP contribution is -2.50. The molecule has 0 unspecified atom stereocenters. The average Bonchev–Trinajstić information content (AvgIpc) is 3.33. The fraction of sp³-hybridized carbons (Fsp3) is 0.560. The maximum Gasteiger partial charge on any atom is 0.261 e. The van der Waals surface area contributed by atoms with E-state index in [-0.39, 0.29) is 41.3 Å². The molecule has 0 saturated carbocycles. The average molecular weight is 553 g/mol. The molecular weight excluding hydrogens is 516 g/mol. The van der Waals surface area contributed by atoms with E-state index >= 15 is 0 Å². The Kier molecular flexibility index (Phi) is 8.15. The Bertz CT molecular complexity index is 1370. The van der Waals surface area contributed by atoms with Crippen molar-refractivity contribution >= 4 is 25.6 Å². The number of imidazole rings is 1. The number of aryl methyl sites for hydroxylation is 1. The topological polar surface area (TPSA) is 122 Å². The first-order chi connectivity index (χ1) is 17.4. The number of sulfonamides is 2. The number of aliphatic hydroxyl groups excluding tert-OH is 1. The van der Waals surface area contributed by atoms with E-state index < -0.39 is 32.2 Å². The van der Waals surface area contributed by atoms with Crippen molar-refractivity contribution in [2.75, 3.05) is 26.7 Å². The first kappa shape index (κ1) is 27.8. The van der Waals surface area contributed by atoms with Gasteiger partial charge < -0.3 is 14.4 Å². The molecule has 0 amide bonds. The molecule has 1 aliphatic carbocycles. The van der Waals surface area contributed by atoms with Crippen LogP contribution in [0.1, 0.15) is 45.1 Å². The van der Waals surface area contributed by atoms with Crippen LogP contribution >= 0.6 is 0 Å². The van der Waals surface area contributed by atoms with Crippen LogP contribution in [0.5, 0.6) is 5.75 Å². The van der Waals surface area contributed by atoms with E-state index in [1.54, 1.807) is 36.7 Å². The Hall–Kier alpha value is -2.25. The minimum absolute atomic E-state index is 0.00612. The fourth-order valence-electron chi connectivity index (χ4n) is 4.78. The Balaban J connectivity index is 1.75. The van der Waals surface area contributed by atoms with Gasteiger partial charge >= 0.3 is 0 Å². The van der Waals surface area contributed by atoms with Crippen molar-refractivity contribution in [3.63, 3.8) is 0 Å². The van der Waals surface area contributed by atoms with Crippen LogP contribution in [0.25, 0.3) is 5.57 Å². The molecule has 12 heteroatoms. The monoisotopic (exact) mass is 552 g/mol. The number of ether oxygens (including phenoxy) is 1. The first-order valence-corrected chi connectivity index (χ1v) is 15.4. The molecule has 0 bridgehead atoms. The first-order valence-electron chi connectivity index (χ1n) is 12.5. The molecule has 4 rings (SSSR count). The number of hydrogen-bond donors (Lipinski definition) is 1. The van der Waals surface area contributed by atoms with Gasteiger partial charge in [-0.25, -0.2) is 21.8 Å². The molecule has 2 heterocycles. The summed E-state index contributed by atoms with van der Waals surface area (Å²) in [4.78, 5) is 4.00. The lowest BCUT2D eigenvalue weighted by molar-refractivity contribution is 0.0904. The van der Waals surface area contributed by atoms with Crippen LogP contribution in [0.15, 0.2) is 46.7 Å². The number of nitrogens with zero attached hydrogens (tertiary/aromatic N) is 4. The maximum absolute atomic E-state index is 13.7. The summed E-state index contributed by atoms with van der Waals surface area (Å²) in [6.07, 6.45) is 8.46. The van der Waals surface area contributed by atoms with Gasteiger partial charge in [-0.2, -0.15) is 8.61 Å². The summed E-state index contributed by atoms with van der Waals surface area (Å²) >= 11 is 0. The van der Waals surface area contributed by atoms with E-state index in [9.17, 15) is 21.9 Å². The number of likely N-dealkylation sites (N-methyl/N-ethyl adjacent to an activating group) is 1. The van der Waals surface area contributed by atoms with E-state index in [1.807, 2.05) is 6.92 Å². The summed E-state index contributed by atoms with van der Waals surface area (Å²) in [5, 5.41) is 9.77. The zero-order chi connectivity index (χ0) is 27.0. The highest BCUT2D eigenvalue weighted by atomic mass is 32.2. The molecule has 1 N–H and O–H groups in total. The Morgan fingerprint density at radius 1 is 1.30 bits per heavy atom. The van der Waals surface area contributed by atoms with Crippen LogP contribution in [0.2, 0.25) is 0 Å². The van der Waals surface area contributed by atoms with Gasteiger partial charge in [0.05, 0.1) is 19.5 Å². The van der Waals surface area contributed by atoms with Crippen LogP contribution in [0.3, 0.4) is 0 Å². The standard InChI is InChI=1S/C25H36N4O6S2/c1-18-13-29(19(2)16-30)36(31,32)24-11-10-21(20-8-6-5-7-9-20)12-22(24)35-23(18)14-28(4)37(33,34)25-15-27(3)17-26-25/h8,10-12,15,17-19,23,30H,5-7,9,13-14,16H2,1-4H3/t18-,19+,23+/m0/s1. The molecule has 0 saturated heterocycles. The van der Waals surface area contributed by atoms with Crippen molar-refractivity contribution < 1.29 is 26.7 Å². The third-order valence-electron chi connectivity index (χ3n) is 7.12.